The second kappa shape index (κ2) is 6.59. The zero-order chi connectivity index (χ0) is 12.0. The van der Waals surface area contributed by atoms with Crippen LogP contribution in [-0.4, -0.2) is 13.0 Å². The van der Waals surface area contributed by atoms with E-state index in [2.05, 4.69) is 12.2 Å². The molecule has 0 amide bonds. The van der Waals surface area contributed by atoms with Crippen LogP contribution in [0, 0.1) is 0 Å². The lowest BCUT2D eigenvalue weighted by atomic mass is 10.0. The summed E-state index contributed by atoms with van der Waals surface area (Å²) in [5.41, 5.74) is 1.87. The van der Waals surface area contributed by atoms with E-state index in [0.29, 0.717) is 12.1 Å². The van der Waals surface area contributed by atoms with E-state index in [-0.39, 0.29) is 0 Å². The molecule has 0 heterocycles. The van der Waals surface area contributed by atoms with Crippen molar-refractivity contribution >= 4 is 0 Å². The van der Waals surface area contributed by atoms with Crippen LogP contribution in [0.5, 0.6) is 0 Å². The number of nitrogens with one attached hydrogen (secondary N) is 1. The first-order valence-electron chi connectivity index (χ1n) is 5.79. The molecule has 16 heavy (non-hydrogen) atoms. The van der Waals surface area contributed by atoms with E-state index in [4.69, 9.17) is 0 Å². The molecule has 0 spiro atoms. The molecule has 1 unspecified atom stereocenters. The molecule has 0 fully saturated rings. The predicted octanol–water partition coefficient (Wildman–Crippen LogP) is 3.55. The molecule has 1 aromatic rings. The minimum absolute atomic E-state index is 0.547. The van der Waals surface area contributed by atoms with Crippen molar-refractivity contribution in [3.05, 3.63) is 35.4 Å². The lowest BCUT2D eigenvalue weighted by molar-refractivity contribution is 0.0993. The first-order valence-corrected chi connectivity index (χ1v) is 5.79. The Morgan fingerprint density at radius 1 is 1.12 bits per heavy atom. The summed E-state index contributed by atoms with van der Waals surface area (Å²) >= 11 is 0. The molecule has 1 rings (SSSR count). The van der Waals surface area contributed by atoms with Crippen molar-refractivity contribution in [3.8, 4) is 0 Å². The highest BCUT2D eigenvalue weighted by molar-refractivity contribution is 5.25. The number of halogens is 2. The third kappa shape index (κ3) is 3.56. The Morgan fingerprint density at radius 3 is 2.19 bits per heavy atom. The van der Waals surface area contributed by atoms with Crippen molar-refractivity contribution in [3.63, 3.8) is 0 Å². The van der Waals surface area contributed by atoms with Gasteiger partial charge in [-0.3, -0.25) is 0 Å². The van der Waals surface area contributed by atoms with Gasteiger partial charge >= 0.3 is 0 Å². The van der Waals surface area contributed by atoms with Crippen molar-refractivity contribution < 1.29 is 8.78 Å². The fraction of sp³-hybridized carbons (Fsp3) is 0.538. The summed E-state index contributed by atoms with van der Waals surface area (Å²) in [5, 5.41) is 2.80. The first-order chi connectivity index (χ1) is 7.69. The van der Waals surface area contributed by atoms with Crippen LogP contribution in [-0.2, 0) is 6.42 Å². The average molecular weight is 227 g/mol. The smallest absolute Gasteiger partial charge is 0.257 e. The van der Waals surface area contributed by atoms with Gasteiger partial charge in [0.25, 0.3) is 6.43 Å². The number of hydrogen-bond donors (Lipinski definition) is 1. The molecule has 3 heteroatoms. The van der Waals surface area contributed by atoms with Gasteiger partial charge in [0.2, 0.25) is 0 Å². The maximum Gasteiger partial charge on any atom is 0.257 e. The van der Waals surface area contributed by atoms with Gasteiger partial charge in [-0.1, -0.05) is 44.5 Å². The largest absolute Gasteiger partial charge is 0.306 e. The molecule has 0 aliphatic rings. The number of aryl methyl sites for hydroxylation is 1. The summed E-state index contributed by atoms with van der Waals surface area (Å²) in [6, 6.07) is 6.62. The fourth-order valence-corrected chi connectivity index (χ4v) is 1.75. The monoisotopic (exact) mass is 227 g/mol. The molecular formula is C13H19F2N. The summed E-state index contributed by atoms with van der Waals surface area (Å²) < 4.78 is 25.5. The van der Waals surface area contributed by atoms with Crippen LogP contribution in [0.3, 0.4) is 0 Å². The van der Waals surface area contributed by atoms with Gasteiger partial charge in [0.1, 0.15) is 0 Å². The predicted molar refractivity (Wildman–Crippen MR) is 62.9 cm³/mol. The maximum absolute atomic E-state index is 12.8. The number of hydrogen-bond acceptors (Lipinski definition) is 1. The topological polar surface area (TPSA) is 12.0 Å². The highest BCUT2D eigenvalue weighted by Gasteiger charge is 2.20. The summed E-state index contributed by atoms with van der Waals surface area (Å²) in [5.74, 6) is 0. The quantitative estimate of drug-likeness (QED) is 0.783. The van der Waals surface area contributed by atoms with E-state index in [1.54, 1.807) is 12.1 Å². The summed E-state index contributed by atoms with van der Waals surface area (Å²) in [7, 11) is 0. The van der Waals surface area contributed by atoms with Gasteiger partial charge in [-0.15, -0.1) is 0 Å². The van der Waals surface area contributed by atoms with Crippen LogP contribution in [0.25, 0.3) is 0 Å². The zero-order valence-electron chi connectivity index (χ0n) is 9.84. The van der Waals surface area contributed by atoms with E-state index in [1.807, 2.05) is 19.1 Å². The standard InChI is InChI=1S/C13H19F2N/c1-3-5-10-6-8-11(9-7-10)12(13(14)15)16-4-2/h6-9,12-13,16H,3-5H2,1-2H3. The van der Waals surface area contributed by atoms with Gasteiger partial charge in [0.15, 0.2) is 0 Å². The van der Waals surface area contributed by atoms with Crippen molar-refractivity contribution in [1.29, 1.82) is 0 Å². The van der Waals surface area contributed by atoms with Crippen molar-refractivity contribution in [1.82, 2.24) is 5.32 Å². The molecule has 1 nitrogen and oxygen atoms in total. The van der Waals surface area contributed by atoms with Crippen LogP contribution >= 0.6 is 0 Å². The Labute approximate surface area is 95.9 Å². The van der Waals surface area contributed by atoms with E-state index in [1.165, 1.54) is 5.56 Å². The number of benzene rings is 1. The van der Waals surface area contributed by atoms with Crippen LogP contribution < -0.4 is 5.32 Å². The maximum atomic E-state index is 12.8. The van der Waals surface area contributed by atoms with E-state index in [0.717, 1.165) is 12.8 Å². The van der Waals surface area contributed by atoms with Crippen LogP contribution in [0.4, 0.5) is 8.78 Å². The normalized spacial score (nSPS) is 13.1. The Balaban J connectivity index is 2.77. The van der Waals surface area contributed by atoms with Gasteiger partial charge in [-0.05, 0) is 24.1 Å². The lowest BCUT2D eigenvalue weighted by Gasteiger charge is -2.17. The molecule has 90 valence electrons. The number of rotatable bonds is 6. The minimum Gasteiger partial charge on any atom is -0.306 e. The Morgan fingerprint density at radius 2 is 1.75 bits per heavy atom. The lowest BCUT2D eigenvalue weighted by Crippen LogP contribution is -2.27. The highest BCUT2D eigenvalue weighted by atomic mass is 19.3. The number of alkyl halides is 2. The van der Waals surface area contributed by atoms with Gasteiger partial charge in [0, 0.05) is 0 Å². The van der Waals surface area contributed by atoms with E-state index >= 15 is 0 Å². The Kier molecular flexibility index (Phi) is 5.39. The molecule has 0 radical (unpaired) electrons. The minimum atomic E-state index is -2.36. The van der Waals surface area contributed by atoms with Gasteiger partial charge in [-0.2, -0.15) is 0 Å². The third-order valence-electron chi connectivity index (χ3n) is 2.55. The summed E-state index contributed by atoms with van der Waals surface area (Å²) in [6.45, 7) is 4.49. The summed E-state index contributed by atoms with van der Waals surface area (Å²) in [4.78, 5) is 0. The summed E-state index contributed by atoms with van der Waals surface area (Å²) in [6.07, 6.45) is -0.289. The molecule has 1 atom stereocenters. The second-order valence-corrected chi connectivity index (χ2v) is 3.86. The fourth-order valence-electron chi connectivity index (χ4n) is 1.75. The molecular weight excluding hydrogens is 208 g/mol. The molecule has 0 saturated carbocycles. The molecule has 0 aliphatic carbocycles. The third-order valence-corrected chi connectivity index (χ3v) is 2.55. The molecule has 1 aromatic carbocycles. The molecule has 1 N–H and O–H groups in total. The SMILES string of the molecule is CCCc1ccc(C(NCC)C(F)F)cc1. The van der Waals surface area contributed by atoms with Gasteiger partial charge < -0.3 is 5.32 Å². The molecule has 0 aromatic heterocycles. The van der Waals surface area contributed by atoms with Crippen molar-refractivity contribution in [2.45, 2.75) is 39.2 Å². The molecule has 0 bridgehead atoms. The second-order valence-electron chi connectivity index (χ2n) is 3.86. The van der Waals surface area contributed by atoms with Crippen molar-refractivity contribution in [2.24, 2.45) is 0 Å². The molecule has 0 saturated heterocycles. The van der Waals surface area contributed by atoms with Crippen molar-refractivity contribution in [2.75, 3.05) is 6.54 Å². The van der Waals surface area contributed by atoms with Crippen LogP contribution in [0.15, 0.2) is 24.3 Å². The Hall–Kier alpha value is -0.960. The van der Waals surface area contributed by atoms with E-state index < -0.39 is 12.5 Å². The molecule has 0 aliphatic heterocycles. The van der Waals surface area contributed by atoms with E-state index in [9.17, 15) is 8.78 Å². The average Bonchev–Trinajstić information content (AvgIpc) is 2.27. The van der Waals surface area contributed by atoms with Crippen LogP contribution in [0.2, 0.25) is 0 Å². The zero-order valence-corrected chi connectivity index (χ0v) is 9.84. The highest BCUT2D eigenvalue weighted by Crippen LogP contribution is 2.21. The van der Waals surface area contributed by atoms with Gasteiger partial charge in [0.05, 0.1) is 6.04 Å². The van der Waals surface area contributed by atoms with Gasteiger partial charge in [-0.25, -0.2) is 8.78 Å². The Bertz CT molecular complexity index is 295. The van der Waals surface area contributed by atoms with Crippen LogP contribution in [0.1, 0.15) is 37.4 Å². The first kappa shape index (κ1) is 13.1.